The van der Waals surface area contributed by atoms with E-state index in [2.05, 4.69) is 53.7 Å². The number of benzene rings is 2. The van der Waals surface area contributed by atoms with Gasteiger partial charge in [0.1, 0.15) is 0 Å². The molecule has 2 aromatic rings. The molecule has 27 heavy (non-hydrogen) atoms. The van der Waals surface area contributed by atoms with Crippen molar-refractivity contribution in [2.24, 2.45) is 4.99 Å². The number of rotatable bonds is 7. The first-order valence-corrected chi connectivity index (χ1v) is 8.80. The average molecular weight is 483 g/mol. The quantitative estimate of drug-likeness (QED) is 0.354. The lowest BCUT2D eigenvalue weighted by Gasteiger charge is -2.18. The summed E-state index contributed by atoms with van der Waals surface area (Å²) in [5.74, 6) is 2.61. The molecule has 2 aromatic carbocycles. The van der Waals surface area contributed by atoms with Gasteiger partial charge in [0.15, 0.2) is 17.5 Å². The Morgan fingerprint density at radius 2 is 1.81 bits per heavy atom. The first kappa shape index (κ1) is 23.1. The summed E-state index contributed by atoms with van der Waals surface area (Å²) in [6, 6.07) is 14.5. The molecule has 0 saturated heterocycles. The fraction of sp³-hybridized carbons (Fsp3) is 0.381. The second kappa shape index (κ2) is 11.7. The van der Waals surface area contributed by atoms with Crippen LogP contribution in [0.15, 0.2) is 47.5 Å². The molecule has 1 atom stereocenters. The normalized spacial score (nSPS) is 12.0. The molecule has 0 amide bonds. The molecule has 1 unspecified atom stereocenters. The number of para-hydroxylation sites is 1. The smallest absolute Gasteiger partial charge is 0.191 e. The van der Waals surface area contributed by atoms with Gasteiger partial charge in [-0.2, -0.15) is 0 Å². The number of halogens is 1. The van der Waals surface area contributed by atoms with Gasteiger partial charge >= 0.3 is 0 Å². The highest BCUT2D eigenvalue weighted by Gasteiger charge is 2.11. The Labute approximate surface area is 179 Å². The molecular formula is C21H30IN3O2. The summed E-state index contributed by atoms with van der Waals surface area (Å²) in [5, 5.41) is 6.72. The Bertz CT molecular complexity index is 750. The number of nitrogens with one attached hydrogen (secondary N) is 2. The topological polar surface area (TPSA) is 54.9 Å². The van der Waals surface area contributed by atoms with Crippen molar-refractivity contribution in [3.63, 3.8) is 0 Å². The largest absolute Gasteiger partial charge is 0.493 e. The molecule has 0 saturated carbocycles. The highest BCUT2D eigenvalue weighted by Crippen LogP contribution is 2.30. The van der Waals surface area contributed by atoms with Crippen LogP contribution < -0.4 is 20.1 Å². The maximum atomic E-state index is 5.48. The molecular weight excluding hydrogens is 453 g/mol. The molecule has 0 aliphatic heterocycles. The van der Waals surface area contributed by atoms with Crippen molar-refractivity contribution in [3.8, 4) is 11.5 Å². The minimum absolute atomic E-state index is 0. The fourth-order valence-electron chi connectivity index (χ4n) is 2.84. The number of hydrogen-bond donors (Lipinski definition) is 2. The van der Waals surface area contributed by atoms with Crippen LogP contribution in [-0.2, 0) is 6.54 Å². The van der Waals surface area contributed by atoms with Crippen LogP contribution in [0.3, 0.4) is 0 Å². The summed E-state index contributed by atoms with van der Waals surface area (Å²) in [4.78, 5) is 4.31. The third-order valence-electron chi connectivity index (χ3n) is 4.34. The molecule has 2 N–H and O–H groups in total. The first-order chi connectivity index (χ1) is 12.6. The second-order valence-electron chi connectivity index (χ2n) is 6.27. The van der Waals surface area contributed by atoms with Crippen molar-refractivity contribution in [3.05, 3.63) is 59.2 Å². The van der Waals surface area contributed by atoms with Crippen LogP contribution in [0.5, 0.6) is 11.5 Å². The Hall–Kier alpha value is -1.96. The highest BCUT2D eigenvalue weighted by atomic mass is 127. The predicted octanol–water partition coefficient (Wildman–Crippen LogP) is 4.10. The number of nitrogens with zero attached hydrogens (tertiary/aromatic N) is 1. The fourth-order valence-corrected chi connectivity index (χ4v) is 2.84. The Morgan fingerprint density at radius 3 is 2.44 bits per heavy atom. The zero-order valence-corrected chi connectivity index (χ0v) is 19.0. The Morgan fingerprint density at radius 1 is 1.07 bits per heavy atom. The van der Waals surface area contributed by atoms with E-state index in [4.69, 9.17) is 9.47 Å². The van der Waals surface area contributed by atoms with Gasteiger partial charge in [-0.25, -0.2) is 0 Å². The SMILES string of the molecule is CN=C(NCc1cccc(OC)c1OC)NCC(C)c1cccc(C)c1.I. The molecule has 148 valence electrons. The average Bonchev–Trinajstić information content (AvgIpc) is 2.67. The van der Waals surface area contributed by atoms with Crippen molar-refractivity contribution in [2.45, 2.75) is 26.3 Å². The molecule has 0 spiro atoms. The first-order valence-electron chi connectivity index (χ1n) is 8.80. The van der Waals surface area contributed by atoms with Crippen LogP contribution in [0.4, 0.5) is 0 Å². The van der Waals surface area contributed by atoms with Gasteiger partial charge < -0.3 is 20.1 Å². The number of guanidine groups is 1. The predicted molar refractivity (Wildman–Crippen MR) is 123 cm³/mol. The van der Waals surface area contributed by atoms with E-state index < -0.39 is 0 Å². The van der Waals surface area contributed by atoms with Crippen molar-refractivity contribution >= 4 is 29.9 Å². The zero-order valence-electron chi connectivity index (χ0n) is 16.7. The molecule has 5 nitrogen and oxygen atoms in total. The number of aliphatic imine (C=N–C) groups is 1. The zero-order chi connectivity index (χ0) is 18.9. The lowest BCUT2D eigenvalue weighted by Crippen LogP contribution is -2.38. The van der Waals surface area contributed by atoms with Crippen LogP contribution >= 0.6 is 24.0 Å². The van der Waals surface area contributed by atoms with Gasteiger partial charge in [-0.05, 0) is 24.5 Å². The maximum absolute atomic E-state index is 5.48. The molecule has 0 radical (unpaired) electrons. The van der Waals surface area contributed by atoms with Crippen molar-refractivity contribution in [1.29, 1.82) is 0 Å². The molecule has 0 fully saturated rings. The van der Waals surface area contributed by atoms with Crippen LogP contribution in [0.1, 0.15) is 29.5 Å². The summed E-state index contributed by atoms with van der Waals surface area (Å²) < 4.78 is 10.8. The van der Waals surface area contributed by atoms with Gasteiger partial charge in [0.05, 0.1) is 14.2 Å². The second-order valence-corrected chi connectivity index (χ2v) is 6.27. The van der Waals surface area contributed by atoms with E-state index in [1.54, 1.807) is 21.3 Å². The van der Waals surface area contributed by atoms with E-state index in [9.17, 15) is 0 Å². The standard InChI is InChI=1S/C21H29N3O2.HI/c1-15-8-6-9-17(12-15)16(2)13-23-21(22-3)24-14-18-10-7-11-19(25-4)20(18)26-5;/h6-12,16H,13-14H2,1-5H3,(H2,22,23,24);1H. The lowest BCUT2D eigenvalue weighted by atomic mass is 9.99. The highest BCUT2D eigenvalue weighted by molar-refractivity contribution is 14.0. The van der Waals surface area contributed by atoms with Gasteiger partial charge in [0, 0.05) is 25.7 Å². The molecule has 0 aliphatic carbocycles. The van der Waals surface area contributed by atoms with Crippen LogP contribution in [0.25, 0.3) is 0 Å². The number of methoxy groups -OCH3 is 2. The van der Waals surface area contributed by atoms with Crippen LogP contribution in [0, 0.1) is 6.92 Å². The van der Waals surface area contributed by atoms with E-state index in [0.29, 0.717) is 12.5 Å². The van der Waals surface area contributed by atoms with Crippen molar-refractivity contribution in [2.75, 3.05) is 27.8 Å². The molecule has 2 rings (SSSR count). The number of hydrogen-bond acceptors (Lipinski definition) is 3. The van der Waals surface area contributed by atoms with E-state index in [0.717, 1.165) is 29.6 Å². The van der Waals surface area contributed by atoms with Crippen molar-refractivity contribution < 1.29 is 9.47 Å². The van der Waals surface area contributed by atoms with Gasteiger partial charge in [-0.3, -0.25) is 4.99 Å². The van der Waals surface area contributed by atoms with Gasteiger partial charge in [-0.1, -0.05) is 48.9 Å². The van der Waals surface area contributed by atoms with E-state index >= 15 is 0 Å². The monoisotopic (exact) mass is 483 g/mol. The Kier molecular flexibility index (Phi) is 9.99. The van der Waals surface area contributed by atoms with Crippen molar-refractivity contribution in [1.82, 2.24) is 10.6 Å². The third kappa shape index (κ3) is 6.61. The summed E-state index contributed by atoms with van der Waals surface area (Å²) in [5.41, 5.74) is 3.62. The van der Waals surface area contributed by atoms with Crippen LogP contribution in [-0.4, -0.2) is 33.8 Å². The van der Waals surface area contributed by atoms with Gasteiger partial charge in [0.25, 0.3) is 0 Å². The number of aryl methyl sites for hydroxylation is 1. The molecule has 0 aromatic heterocycles. The molecule has 6 heteroatoms. The van der Waals surface area contributed by atoms with Crippen LogP contribution in [0.2, 0.25) is 0 Å². The third-order valence-corrected chi connectivity index (χ3v) is 4.34. The summed E-state index contributed by atoms with van der Waals surface area (Å²) in [6.45, 7) is 5.73. The van der Waals surface area contributed by atoms with Gasteiger partial charge in [0.2, 0.25) is 0 Å². The molecule has 0 heterocycles. The molecule has 0 aliphatic rings. The molecule has 0 bridgehead atoms. The lowest BCUT2D eigenvalue weighted by molar-refractivity contribution is 0.351. The summed E-state index contributed by atoms with van der Waals surface area (Å²) in [7, 11) is 5.07. The Balaban J connectivity index is 0.00000364. The minimum Gasteiger partial charge on any atom is -0.493 e. The van der Waals surface area contributed by atoms with E-state index in [1.807, 2.05) is 18.2 Å². The summed E-state index contributed by atoms with van der Waals surface area (Å²) in [6.07, 6.45) is 0. The summed E-state index contributed by atoms with van der Waals surface area (Å²) >= 11 is 0. The van der Waals surface area contributed by atoms with E-state index in [-0.39, 0.29) is 24.0 Å². The maximum Gasteiger partial charge on any atom is 0.191 e. The minimum atomic E-state index is 0. The number of ether oxygens (including phenoxy) is 2. The van der Waals surface area contributed by atoms with E-state index in [1.165, 1.54) is 11.1 Å². The van der Waals surface area contributed by atoms with Gasteiger partial charge in [-0.15, -0.1) is 24.0 Å².